The summed E-state index contributed by atoms with van der Waals surface area (Å²) in [5.41, 5.74) is 1.13. The minimum absolute atomic E-state index is 0.0228. The number of hydrogen-bond acceptors (Lipinski definition) is 4. The topological polar surface area (TPSA) is 73.0 Å². The number of carbonyl (C=O) groups is 3. The van der Waals surface area contributed by atoms with Crippen molar-refractivity contribution >= 4 is 23.4 Å². The average Bonchev–Trinajstić information content (AvgIpc) is 2.74. The molecule has 3 rings (SSSR count). The van der Waals surface area contributed by atoms with Crippen LogP contribution in [0.25, 0.3) is 0 Å². The van der Waals surface area contributed by atoms with E-state index in [0.29, 0.717) is 30.3 Å². The zero-order chi connectivity index (χ0) is 20.1. The number of carbonyl (C=O) groups excluding carboxylic acids is 3. The number of anilines is 1. The van der Waals surface area contributed by atoms with Crippen molar-refractivity contribution < 1.29 is 14.4 Å². The Hall–Kier alpha value is -2.41. The van der Waals surface area contributed by atoms with Gasteiger partial charge in [-0.15, -0.1) is 0 Å². The molecule has 2 fully saturated rings. The highest BCUT2D eigenvalue weighted by atomic mass is 16.2. The first-order valence-corrected chi connectivity index (χ1v) is 10.2. The van der Waals surface area contributed by atoms with Crippen LogP contribution in [-0.2, 0) is 9.59 Å². The molecule has 2 saturated heterocycles. The normalized spacial score (nSPS) is 18.8. The molecule has 0 saturated carbocycles. The van der Waals surface area contributed by atoms with Gasteiger partial charge in [0.15, 0.2) is 0 Å². The van der Waals surface area contributed by atoms with Crippen molar-refractivity contribution in [2.45, 2.75) is 26.7 Å². The summed E-state index contributed by atoms with van der Waals surface area (Å²) in [6, 6.07) is 6.78. The molecule has 7 nitrogen and oxygen atoms in total. The molecule has 0 atom stereocenters. The van der Waals surface area contributed by atoms with Crippen molar-refractivity contribution in [3.05, 3.63) is 29.8 Å². The highest BCUT2D eigenvalue weighted by Crippen LogP contribution is 2.19. The van der Waals surface area contributed by atoms with Crippen molar-refractivity contribution in [1.29, 1.82) is 0 Å². The van der Waals surface area contributed by atoms with Crippen molar-refractivity contribution in [2.75, 3.05) is 51.1 Å². The van der Waals surface area contributed by atoms with Gasteiger partial charge in [-0.1, -0.05) is 13.8 Å². The summed E-state index contributed by atoms with van der Waals surface area (Å²) in [5.74, 6) is -0.439. The van der Waals surface area contributed by atoms with Crippen LogP contribution in [0.15, 0.2) is 24.3 Å². The first kappa shape index (κ1) is 20.3. The number of hydrogen-bond donors (Lipinski definition) is 1. The Kier molecular flexibility index (Phi) is 6.67. The fraction of sp³-hybridized carbons (Fsp3) is 0.571. The monoisotopic (exact) mass is 386 g/mol. The maximum absolute atomic E-state index is 12.6. The molecular weight excluding hydrogens is 356 g/mol. The summed E-state index contributed by atoms with van der Waals surface area (Å²) in [6.07, 6.45) is 2.07. The van der Waals surface area contributed by atoms with Gasteiger partial charge in [-0.3, -0.25) is 14.4 Å². The standard InChI is InChI=1S/C21H30N4O3/c1-3-23-12-14-25(15-13-23)21(28)19(26)22-18-6-4-17(5-7-18)20(27)24-10-8-16(2)9-11-24/h4-7,16H,3,8-15H2,1-2H3,(H,22,26). The van der Waals surface area contributed by atoms with E-state index in [2.05, 4.69) is 24.1 Å². The molecule has 0 aliphatic carbocycles. The van der Waals surface area contributed by atoms with Crippen LogP contribution in [0.2, 0.25) is 0 Å². The number of nitrogens with one attached hydrogen (secondary N) is 1. The van der Waals surface area contributed by atoms with Crippen LogP contribution in [0.5, 0.6) is 0 Å². The molecule has 2 heterocycles. The molecule has 0 spiro atoms. The summed E-state index contributed by atoms with van der Waals surface area (Å²) >= 11 is 0. The van der Waals surface area contributed by atoms with Gasteiger partial charge in [0.1, 0.15) is 0 Å². The predicted octanol–water partition coefficient (Wildman–Crippen LogP) is 1.66. The lowest BCUT2D eigenvalue weighted by molar-refractivity contribution is -0.144. The van der Waals surface area contributed by atoms with E-state index in [4.69, 9.17) is 0 Å². The molecule has 3 amide bonds. The molecule has 2 aliphatic rings. The largest absolute Gasteiger partial charge is 0.339 e. The first-order chi connectivity index (χ1) is 13.5. The number of rotatable bonds is 3. The number of benzene rings is 1. The van der Waals surface area contributed by atoms with E-state index in [1.54, 1.807) is 29.2 Å². The summed E-state index contributed by atoms with van der Waals surface area (Å²) in [6.45, 7) is 9.56. The summed E-state index contributed by atoms with van der Waals surface area (Å²) in [5, 5.41) is 2.65. The molecule has 0 bridgehead atoms. The van der Waals surface area contributed by atoms with E-state index in [1.165, 1.54) is 0 Å². The highest BCUT2D eigenvalue weighted by molar-refractivity contribution is 6.39. The van der Waals surface area contributed by atoms with Crippen LogP contribution in [0.4, 0.5) is 5.69 Å². The average molecular weight is 386 g/mol. The van der Waals surface area contributed by atoms with E-state index < -0.39 is 11.8 Å². The van der Waals surface area contributed by atoms with Crippen molar-refractivity contribution in [3.8, 4) is 0 Å². The van der Waals surface area contributed by atoms with Gasteiger partial charge in [0.25, 0.3) is 5.91 Å². The molecule has 0 radical (unpaired) electrons. The van der Waals surface area contributed by atoms with E-state index in [1.807, 2.05) is 4.90 Å². The Morgan fingerprint density at radius 1 is 0.929 bits per heavy atom. The van der Waals surface area contributed by atoms with Gasteiger partial charge >= 0.3 is 11.8 Å². The van der Waals surface area contributed by atoms with E-state index >= 15 is 0 Å². The smallest absolute Gasteiger partial charge is 0.313 e. The van der Waals surface area contributed by atoms with Gasteiger partial charge in [-0.2, -0.15) is 0 Å². The van der Waals surface area contributed by atoms with Gasteiger partial charge < -0.3 is 20.0 Å². The zero-order valence-electron chi connectivity index (χ0n) is 16.8. The fourth-order valence-electron chi connectivity index (χ4n) is 3.69. The Morgan fingerprint density at radius 2 is 1.54 bits per heavy atom. The zero-order valence-corrected chi connectivity index (χ0v) is 16.8. The van der Waals surface area contributed by atoms with Crippen LogP contribution >= 0.6 is 0 Å². The van der Waals surface area contributed by atoms with Crippen molar-refractivity contribution in [3.63, 3.8) is 0 Å². The molecule has 152 valence electrons. The second kappa shape index (κ2) is 9.19. The Morgan fingerprint density at radius 3 is 2.11 bits per heavy atom. The molecule has 1 N–H and O–H groups in total. The number of likely N-dealkylation sites (N-methyl/N-ethyl adjacent to an activating group) is 1. The lowest BCUT2D eigenvalue weighted by atomic mass is 9.98. The van der Waals surface area contributed by atoms with Crippen molar-refractivity contribution in [1.82, 2.24) is 14.7 Å². The molecule has 1 aromatic carbocycles. The number of likely N-dealkylation sites (tertiary alicyclic amines) is 1. The van der Waals surface area contributed by atoms with Crippen molar-refractivity contribution in [2.24, 2.45) is 5.92 Å². The first-order valence-electron chi connectivity index (χ1n) is 10.2. The summed E-state index contributed by atoms with van der Waals surface area (Å²) in [7, 11) is 0. The minimum atomic E-state index is -0.631. The molecular formula is C21H30N4O3. The maximum atomic E-state index is 12.6. The van der Waals surface area contributed by atoms with Crippen LogP contribution < -0.4 is 5.32 Å². The number of nitrogens with zero attached hydrogens (tertiary/aromatic N) is 3. The van der Waals surface area contributed by atoms with Gasteiger partial charge in [-0.25, -0.2) is 0 Å². The second-order valence-electron chi connectivity index (χ2n) is 7.73. The number of piperazine rings is 1. The molecule has 0 aromatic heterocycles. The van der Waals surface area contributed by atoms with Gasteiger partial charge in [0.2, 0.25) is 0 Å². The third-order valence-corrected chi connectivity index (χ3v) is 5.76. The highest BCUT2D eigenvalue weighted by Gasteiger charge is 2.26. The third-order valence-electron chi connectivity index (χ3n) is 5.76. The lowest BCUT2D eigenvalue weighted by Crippen LogP contribution is -2.51. The summed E-state index contributed by atoms with van der Waals surface area (Å²) in [4.78, 5) is 42.9. The summed E-state index contributed by atoms with van der Waals surface area (Å²) < 4.78 is 0. The Balaban J connectivity index is 1.53. The lowest BCUT2D eigenvalue weighted by Gasteiger charge is -2.33. The van der Waals surface area contributed by atoms with Crippen LogP contribution in [0, 0.1) is 5.92 Å². The fourth-order valence-corrected chi connectivity index (χ4v) is 3.69. The van der Waals surface area contributed by atoms with E-state index in [9.17, 15) is 14.4 Å². The Labute approximate surface area is 166 Å². The van der Waals surface area contributed by atoms with Crippen LogP contribution in [-0.4, -0.2) is 78.2 Å². The predicted molar refractivity (Wildman–Crippen MR) is 108 cm³/mol. The van der Waals surface area contributed by atoms with E-state index in [-0.39, 0.29) is 5.91 Å². The van der Waals surface area contributed by atoms with E-state index in [0.717, 1.165) is 45.6 Å². The molecule has 0 unspecified atom stereocenters. The quantitative estimate of drug-likeness (QED) is 0.802. The molecule has 1 aromatic rings. The molecule has 7 heteroatoms. The maximum Gasteiger partial charge on any atom is 0.313 e. The SMILES string of the molecule is CCN1CCN(C(=O)C(=O)Nc2ccc(C(=O)N3CCC(C)CC3)cc2)CC1. The van der Waals surface area contributed by atoms with Crippen LogP contribution in [0.1, 0.15) is 37.0 Å². The second-order valence-corrected chi connectivity index (χ2v) is 7.73. The van der Waals surface area contributed by atoms with Gasteiger partial charge in [-0.05, 0) is 49.6 Å². The van der Waals surface area contributed by atoms with Gasteiger partial charge in [0, 0.05) is 50.5 Å². The number of amides is 3. The van der Waals surface area contributed by atoms with Gasteiger partial charge in [0.05, 0.1) is 0 Å². The molecule has 28 heavy (non-hydrogen) atoms. The van der Waals surface area contributed by atoms with Crippen LogP contribution in [0.3, 0.4) is 0 Å². The molecule has 2 aliphatic heterocycles. The Bertz CT molecular complexity index is 703. The number of piperidine rings is 1. The third kappa shape index (κ3) is 4.90. The minimum Gasteiger partial charge on any atom is -0.339 e.